The summed E-state index contributed by atoms with van der Waals surface area (Å²) in [6.45, 7) is 5.43. The number of nitrogens with one attached hydrogen (secondary N) is 1. The van der Waals surface area contributed by atoms with Gasteiger partial charge < -0.3 is 0 Å². The van der Waals surface area contributed by atoms with Gasteiger partial charge in [-0.15, -0.1) is 0 Å². The molecule has 2 heterocycles. The monoisotopic (exact) mass is 254 g/mol. The van der Waals surface area contributed by atoms with Crippen molar-refractivity contribution in [1.82, 2.24) is 15.2 Å². The van der Waals surface area contributed by atoms with E-state index in [0.29, 0.717) is 0 Å². The topological polar surface area (TPSA) is 55.9 Å². The van der Waals surface area contributed by atoms with Crippen molar-refractivity contribution < 1.29 is 0 Å². The number of hydrazine groups is 1. The van der Waals surface area contributed by atoms with Gasteiger partial charge in [0.05, 0.1) is 11.7 Å². The van der Waals surface area contributed by atoms with Gasteiger partial charge in [0.25, 0.3) is 0 Å². The van der Waals surface area contributed by atoms with E-state index in [-0.39, 0.29) is 10.8 Å². The standard InChI is InChI=1S/C12H22N4S/c1-3-8-16-10(5-7-14-16)11(15-13)12(2)6-4-9-17-12/h5,7,11,15H,3-4,6,8-9,13H2,1-2H3. The van der Waals surface area contributed by atoms with Crippen molar-refractivity contribution in [3.05, 3.63) is 18.0 Å². The normalized spacial score (nSPS) is 26.3. The highest BCUT2D eigenvalue weighted by atomic mass is 32.2. The van der Waals surface area contributed by atoms with E-state index in [9.17, 15) is 0 Å². The molecule has 2 atom stereocenters. The second kappa shape index (κ2) is 5.42. The molecule has 2 unspecified atom stereocenters. The minimum atomic E-state index is 0.184. The third-order valence-corrected chi connectivity index (χ3v) is 5.10. The van der Waals surface area contributed by atoms with E-state index in [0.717, 1.165) is 13.0 Å². The molecule has 3 N–H and O–H groups in total. The lowest BCUT2D eigenvalue weighted by Gasteiger charge is -2.33. The average molecular weight is 254 g/mol. The Kier molecular flexibility index (Phi) is 4.12. The predicted octanol–water partition coefficient (Wildman–Crippen LogP) is 2.08. The van der Waals surface area contributed by atoms with E-state index in [1.807, 2.05) is 18.0 Å². The van der Waals surface area contributed by atoms with Crippen molar-refractivity contribution in [3.63, 3.8) is 0 Å². The van der Waals surface area contributed by atoms with Crippen molar-refractivity contribution in [2.45, 2.75) is 50.4 Å². The Morgan fingerprint density at radius 3 is 3.12 bits per heavy atom. The third-order valence-electron chi connectivity index (χ3n) is 3.51. The highest BCUT2D eigenvalue weighted by Gasteiger charge is 2.39. The maximum Gasteiger partial charge on any atom is 0.0772 e. The largest absolute Gasteiger partial charge is 0.271 e. The Morgan fingerprint density at radius 2 is 2.53 bits per heavy atom. The van der Waals surface area contributed by atoms with Gasteiger partial charge in [-0.1, -0.05) is 6.92 Å². The van der Waals surface area contributed by atoms with Crippen LogP contribution in [0.4, 0.5) is 0 Å². The van der Waals surface area contributed by atoms with Crippen LogP contribution in [-0.4, -0.2) is 20.3 Å². The second-order valence-electron chi connectivity index (χ2n) is 4.84. The Balaban J connectivity index is 2.25. The number of nitrogens with two attached hydrogens (primary N) is 1. The van der Waals surface area contributed by atoms with Crippen LogP contribution in [0.1, 0.15) is 44.8 Å². The van der Waals surface area contributed by atoms with Crippen molar-refractivity contribution in [1.29, 1.82) is 0 Å². The lowest BCUT2D eigenvalue weighted by atomic mass is 9.94. The van der Waals surface area contributed by atoms with Gasteiger partial charge in [0, 0.05) is 17.5 Å². The average Bonchev–Trinajstić information content (AvgIpc) is 2.91. The summed E-state index contributed by atoms with van der Waals surface area (Å²) in [6.07, 6.45) is 5.46. The summed E-state index contributed by atoms with van der Waals surface area (Å²) >= 11 is 2.02. The number of hydrogen-bond donors (Lipinski definition) is 2. The maximum absolute atomic E-state index is 5.79. The molecule has 0 bridgehead atoms. The molecule has 4 nitrogen and oxygen atoms in total. The van der Waals surface area contributed by atoms with Crippen LogP contribution < -0.4 is 11.3 Å². The summed E-state index contributed by atoms with van der Waals surface area (Å²) in [7, 11) is 0. The molecule has 0 spiro atoms. The molecule has 2 rings (SSSR count). The lowest BCUT2D eigenvalue weighted by molar-refractivity contribution is 0.389. The van der Waals surface area contributed by atoms with E-state index in [1.165, 1.54) is 24.3 Å². The van der Waals surface area contributed by atoms with Gasteiger partial charge in [-0.2, -0.15) is 16.9 Å². The van der Waals surface area contributed by atoms with Gasteiger partial charge >= 0.3 is 0 Å². The van der Waals surface area contributed by atoms with Crippen LogP contribution in [0, 0.1) is 0 Å². The smallest absolute Gasteiger partial charge is 0.0772 e. The molecule has 0 radical (unpaired) electrons. The lowest BCUT2D eigenvalue weighted by Crippen LogP contribution is -2.42. The highest BCUT2D eigenvalue weighted by molar-refractivity contribution is 8.00. The fourth-order valence-corrected chi connectivity index (χ4v) is 3.99. The van der Waals surface area contributed by atoms with Gasteiger partial charge in [-0.05, 0) is 38.0 Å². The van der Waals surface area contributed by atoms with E-state index in [2.05, 4.69) is 35.1 Å². The van der Waals surface area contributed by atoms with Gasteiger partial charge in [0.1, 0.15) is 0 Å². The van der Waals surface area contributed by atoms with Crippen LogP contribution in [0.3, 0.4) is 0 Å². The summed E-state index contributed by atoms with van der Waals surface area (Å²) in [5.41, 5.74) is 4.22. The van der Waals surface area contributed by atoms with E-state index in [4.69, 9.17) is 5.84 Å². The summed E-state index contributed by atoms with van der Waals surface area (Å²) in [5.74, 6) is 7.02. The molecule has 1 aromatic heterocycles. The quantitative estimate of drug-likeness (QED) is 0.624. The molecule has 1 aliphatic rings. The van der Waals surface area contributed by atoms with Crippen molar-refractivity contribution >= 4 is 11.8 Å². The molecule has 1 aliphatic heterocycles. The summed E-state index contributed by atoms with van der Waals surface area (Å²) < 4.78 is 2.27. The molecule has 17 heavy (non-hydrogen) atoms. The maximum atomic E-state index is 5.79. The van der Waals surface area contributed by atoms with Crippen LogP contribution in [0.2, 0.25) is 0 Å². The van der Waals surface area contributed by atoms with Crippen LogP contribution in [0.25, 0.3) is 0 Å². The van der Waals surface area contributed by atoms with Crippen LogP contribution >= 0.6 is 11.8 Å². The number of rotatable bonds is 5. The van der Waals surface area contributed by atoms with Crippen LogP contribution in [0.15, 0.2) is 12.3 Å². The second-order valence-corrected chi connectivity index (χ2v) is 6.47. The fraction of sp³-hybridized carbons (Fsp3) is 0.750. The molecule has 1 saturated heterocycles. The van der Waals surface area contributed by atoms with Crippen molar-refractivity contribution in [2.24, 2.45) is 5.84 Å². The predicted molar refractivity (Wildman–Crippen MR) is 72.7 cm³/mol. The number of aryl methyl sites for hydroxylation is 1. The molecule has 1 fully saturated rings. The summed E-state index contributed by atoms with van der Waals surface area (Å²) in [4.78, 5) is 0. The van der Waals surface area contributed by atoms with E-state index < -0.39 is 0 Å². The van der Waals surface area contributed by atoms with Gasteiger partial charge in [0.15, 0.2) is 0 Å². The molecule has 0 aromatic carbocycles. The fourth-order valence-electron chi connectivity index (χ4n) is 2.59. The molecule has 5 heteroatoms. The number of aromatic nitrogens is 2. The Bertz CT molecular complexity index is 357. The van der Waals surface area contributed by atoms with Gasteiger partial charge in [-0.3, -0.25) is 16.0 Å². The third kappa shape index (κ3) is 2.51. The summed E-state index contributed by atoms with van der Waals surface area (Å²) in [5, 5.41) is 4.39. The molecular weight excluding hydrogens is 232 g/mol. The Hall–Kier alpha value is -0.520. The number of nitrogens with zero attached hydrogens (tertiary/aromatic N) is 2. The molecular formula is C12H22N4S. The molecule has 0 saturated carbocycles. The van der Waals surface area contributed by atoms with E-state index >= 15 is 0 Å². The summed E-state index contributed by atoms with van der Waals surface area (Å²) in [6, 6.07) is 2.27. The Labute approximate surface area is 107 Å². The van der Waals surface area contributed by atoms with Crippen molar-refractivity contribution in [2.75, 3.05) is 5.75 Å². The van der Waals surface area contributed by atoms with E-state index in [1.54, 1.807) is 0 Å². The first-order valence-electron chi connectivity index (χ1n) is 6.33. The number of hydrogen-bond acceptors (Lipinski definition) is 4. The zero-order chi connectivity index (χ0) is 12.3. The first kappa shape index (κ1) is 12.9. The zero-order valence-corrected chi connectivity index (χ0v) is 11.5. The molecule has 0 aliphatic carbocycles. The number of thioether (sulfide) groups is 1. The molecule has 1 aromatic rings. The SMILES string of the molecule is CCCn1nccc1C(NN)C1(C)CCCS1. The van der Waals surface area contributed by atoms with Crippen LogP contribution in [-0.2, 0) is 6.54 Å². The molecule has 96 valence electrons. The zero-order valence-electron chi connectivity index (χ0n) is 10.6. The highest BCUT2D eigenvalue weighted by Crippen LogP contribution is 2.46. The minimum Gasteiger partial charge on any atom is -0.271 e. The van der Waals surface area contributed by atoms with Gasteiger partial charge in [-0.25, -0.2) is 0 Å². The van der Waals surface area contributed by atoms with Crippen LogP contribution in [0.5, 0.6) is 0 Å². The minimum absolute atomic E-state index is 0.184. The first-order chi connectivity index (χ1) is 8.21. The first-order valence-corrected chi connectivity index (χ1v) is 7.31. The molecule has 0 amide bonds. The van der Waals surface area contributed by atoms with Crippen molar-refractivity contribution in [3.8, 4) is 0 Å². The Morgan fingerprint density at radius 1 is 1.71 bits per heavy atom. The van der Waals surface area contributed by atoms with Gasteiger partial charge in [0.2, 0.25) is 0 Å².